The Hall–Kier alpha value is -2.37. The quantitative estimate of drug-likeness (QED) is 0.920. The highest BCUT2D eigenvalue weighted by molar-refractivity contribution is 5.88. The largest absolute Gasteiger partial charge is 0.497 e. The summed E-state index contributed by atoms with van der Waals surface area (Å²) in [6.07, 6.45) is 2.48. The van der Waals surface area contributed by atoms with Crippen molar-refractivity contribution in [1.82, 2.24) is 10.3 Å². The van der Waals surface area contributed by atoms with Crippen LogP contribution in [0.2, 0.25) is 0 Å². The number of hydrogen-bond acceptors (Lipinski definition) is 4. The van der Waals surface area contributed by atoms with Crippen molar-refractivity contribution in [2.45, 2.75) is 25.6 Å². The van der Waals surface area contributed by atoms with Gasteiger partial charge in [-0.2, -0.15) is 0 Å². The summed E-state index contributed by atoms with van der Waals surface area (Å²) in [5, 5.41) is 4.46. The van der Waals surface area contributed by atoms with E-state index in [4.69, 9.17) is 9.47 Å². The second-order valence-electron chi connectivity index (χ2n) is 5.62. The van der Waals surface area contributed by atoms with Crippen LogP contribution in [-0.4, -0.2) is 36.8 Å². The van der Waals surface area contributed by atoms with Crippen LogP contribution in [0, 0.1) is 5.92 Å². The average Bonchev–Trinajstić information content (AvgIpc) is 2.86. The van der Waals surface area contributed by atoms with Gasteiger partial charge in [-0.3, -0.25) is 9.78 Å². The number of carbonyl (C=O) groups is 1. The first-order valence-corrected chi connectivity index (χ1v) is 7.63. The molecule has 2 heterocycles. The van der Waals surface area contributed by atoms with Crippen LogP contribution >= 0.6 is 0 Å². The number of halogens is 1. The lowest BCUT2D eigenvalue weighted by Gasteiger charge is -2.19. The SMILES string of the molecule is CC[C@@H]1[C@H](F)C(=O)N[C@@H]1COc1cncc2ccc(OC)cc12. The summed E-state index contributed by atoms with van der Waals surface area (Å²) >= 11 is 0. The first-order chi connectivity index (χ1) is 11.1. The van der Waals surface area contributed by atoms with E-state index in [1.165, 1.54) is 0 Å². The molecule has 1 aliphatic heterocycles. The Labute approximate surface area is 133 Å². The van der Waals surface area contributed by atoms with Crippen LogP contribution in [0.3, 0.4) is 0 Å². The van der Waals surface area contributed by atoms with Crippen molar-refractivity contribution in [3.05, 3.63) is 30.6 Å². The molecule has 5 nitrogen and oxygen atoms in total. The highest BCUT2D eigenvalue weighted by Gasteiger charge is 2.41. The molecular formula is C17H19FN2O3. The monoisotopic (exact) mass is 318 g/mol. The van der Waals surface area contributed by atoms with Crippen LogP contribution in [0.15, 0.2) is 30.6 Å². The van der Waals surface area contributed by atoms with Crippen LogP contribution in [0.1, 0.15) is 13.3 Å². The molecule has 0 radical (unpaired) electrons. The number of alkyl halides is 1. The minimum absolute atomic E-state index is 0.211. The molecule has 0 unspecified atom stereocenters. The fraction of sp³-hybridized carbons (Fsp3) is 0.412. The lowest BCUT2D eigenvalue weighted by molar-refractivity contribution is -0.123. The van der Waals surface area contributed by atoms with Crippen molar-refractivity contribution in [3.63, 3.8) is 0 Å². The first-order valence-electron chi connectivity index (χ1n) is 7.63. The van der Waals surface area contributed by atoms with Gasteiger partial charge in [-0.15, -0.1) is 0 Å². The molecule has 0 bridgehead atoms. The van der Waals surface area contributed by atoms with Crippen molar-refractivity contribution in [2.24, 2.45) is 5.92 Å². The van der Waals surface area contributed by atoms with Crippen molar-refractivity contribution >= 4 is 16.7 Å². The van der Waals surface area contributed by atoms with E-state index in [1.807, 2.05) is 25.1 Å². The number of fused-ring (bicyclic) bond motifs is 1. The maximum absolute atomic E-state index is 13.8. The number of aromatic nitrogens is 1. The number of methoxy groups -OCH3 is 1. The molecule has 1 fully saturated rings. The lowest BCUT2D eigenvalue weighted by Crippen LogP contribution is -2.34. The maximum Gasteiger partial charge on any atom is 0.255 e. The van der Waals surface area contributed by atoms with Gasteiger partial charge < -0.3 is 14.8 Å². The topological polar surface area (TPSA) is 60.5 Å². The molecule has 1 aromatic carbocycles. The van der Waals surface area contributed by atoms with Gasteiger partial charge in [0.2, 0.25) is 0 Å². The second-order valence-corrected chi connectivity index (χ2v) is 5.62. The third kappa shape index (κ3) is 2.93. The van der Waals surface area contributed by atoms with E-state index in [0.717, 1.165) is 16.5 Å². The number of rotatable bonds is 5. The van der Waals surface area contributed by atoms with Gasteiger partial charge in [-0.1, -0.05) is 6.92 Å². The molecule has 3 atom stereocenters. The van der Waals surface area contributed by atoms with E-state index in [9.17, 15) is 9.18 Å². The van der Waals surface area contributed by atoms with Crippen LogP contribution in [0.4, 0.5) is 4.39 Å². The van der Waals surface area contributed by atoms with E-state index in [0.29, 0.717) is 12.2 Å². The van der Waals surface area contributed by atoms with Crippen molar-refractivity contribution in [2.75, 3.05) is 13.7 Å². The zero-order valence-electron chi connectivity index (χ0n) is 13.1. The van der Waals surface area contributed by atoms with Crippen LogP contribution in [0.5, 0.6) is 11.5 Å². The molecule has 1 amide bonds. The van der Waals surface area contributed by atoms with E-state index in [-0.39, 0.29) is 18.6 Å². The average molecular weight is 318 g/mol. The predicted molar refractivity (Wildman–Crippen MR) is 84.4 cm³/mol. The Morgan fingerprint density at radius 3 is 2.91 bits per heavy atom. The van der Waals surface area contributed by atoms with Gasteiger partial charge in [0.05, 0.1) is 19.3 Å². The van der Waals surface area contributed by atoms with Gasteiger partial charge in [0, 0.05) is 22.9 Å². The Morgan fingerprint density at radius 2 is 2.17 bits per heavy atom. The van der Waals surface area contributed by atoms with Crippen LogP contribution in [-0.2, 0) is 4.79 Å². The standard InChI is InChI=1S/C17H19FN2O3/c1-3-12-14(20-17(21)16(12)18)9-23-15-8-19-7-10-4-5-11(22-2)6-13(10)15/h4-8,12,14,16H,3,9H2,1-2H3,(H,20,21)/t12-,14+,16-/m0/s1. The van der Waals surface area contributed by atoms with Gasteiger partial charge in [-0.25, -0.2) is 4.39 Å². The molecule has 3 rings (SSSR count). The number of pyridine rings is 1. The third-order valence-corrected chi connectivity index (χ3v) is 4.29. The number of benzene rings is 1. The molecule has 2 aromatic rings. The highest BCUT2D eigenvalue weighted by atomic mass is 19.1. The summed E-state index contributed by atoms with van der Waals surface area (Å²) in [7, 11) is 1.60. The predicted octanol–water partition coefficient (Wildman–Crippen LogP) is 2.48. The van der Waals surface area contributed by atoms with E-state index >= 15 is 0 Å². The lowest BCUT2D eigenvalue weighted by atomic mass is 9.97. The first kappa shape index (κ1) is 15.5. The number of amides is 1. The molecule has 0 aliphatic carbocycles. The molecular weight excluding hydrogens is 299 g/mol. The zero-order valence-corrected chi connectivity index (χ0v) is 13.1. The minimum atomic E-state index is -1.46. The van der Waals surface area contributed by atoms with Gasteiger partial charge in [0.1, 0.15) is 18.1 Å². The van der Waals surface area contributed by atoms with Crippen LogP contribution < -0.4 is 14.8 Å². The van der Waals surface area contributed by atoms with Crippen molar-refractivity contribution in [1.29, 1.82) is 0 Å². The van der Waals surface area contributed by atoms with Crippen molar-refractivity contribution in [3.8, 4) is 11.5 Å². The van der Waals surface area contributed by atoms with E-state index in [2.05, 4.69) is 10.3 Å². The van der Waals surface area contributed by atoms with Crippen molar-refractivity contribution < 1.29 is 18.7 Å². The Bertz CT molecular complexity index is 722. The summed E-state index contributed by atoms with van der Waals surface area (Å²) in [6, 6.07) is 5.29. The molecule has 1 aliphatic rings. The van der Waals surface area contributed by atoms with Gasteiger partial charge in [0.25, 0.3) is 5.91 Å². The summed E-state index contributed by atoms with van der Waals surface area (Å²) in [5.74, 6) is 0.397. The summed E-state index contributed by atoms with van der Waals surface area (Å²) in [6.45, 7) is 2.08. The number of carbonyl (C=O) groups excluding carboxylic acids is 1. The Kier molecular flexibility index (Phi) is 4.32. The number of nitrogens with one attached hydrogen (secondary N) is 1. The highest BCUT2D eigenvalue weighted by Crippen LogP contribution is 2.29. The molecule has 1 N–H and O–H groups in total. The summed E-state index contributed by atoms with van der Waals surface area (Å²) in [4.78, 5) is 15.6. The molecule has 6 heteroatoms. The third-order valence-electron chi connectivity index (χ3n) is 4.29. The fourth-order valence-corrected chi connectivity index (χ4v) is 2.96. The second kappa shape index (κ2) is 6.40. The smallest absolute Gasteiger partial charge is 0.255 e. The minimum Gasteiger partial charge on any atom is -0.497 e. The van der Waals surface area contributed by atoms with Gasteiger partial charge >= 0.3 is 0 Å². The summed E-state index contributed by atoms with van der Waals surface area (Å²) < 4.78 is 24.9. The number of ether oxygens (including phenoxy) is 2. The molecule has 122 valence electrons. The molecule has 1 aromatic heterocycles. The summed E-state index contributed by atoms with van der Waals surface area (Å²) in [5.41, 5.74) is 0. The Morgan fingerprint density at radius 1 is 1.35 bits per heavy atom. The molecule has 0 spiro atoms. The van der Waals surface area contributed by atoms with E-state index < -0.39 is 12.1 Å². The fourth-order valence-electron chi connectivity index (χ4n) is 2.96. The normalized spacial score (nSPS) is 23.8. The molecule has 0 saturated carbocycles. The number of hydrogen-bond donors (Lipinski definition) is 1. The van der Waals surface area contributed by atoms with Crippen LogP contribution in [0.25, 0.3) is 10.8 Å². The molecule has 23 heavy (non-hydrogen) atoms. The maximum atomic E-state index is 13.8. The Balaban J connectivity index is 1.80. The van der Waals surface area contributed by atoms with Gasteiger partial charge in [-0.05, 0) is 24.6 Å². The van der Waals surface area contributed by atoms with Gasteiger partial charge in [0.15, 0.2) is 6.17 Å². The zero-order chi connectivity index (χ0) is 16.4. The number of nitrogens with zero attached hydrogens (tertiary/aromatic N) is 1. The molecule has 1 saturated heterocycles. The van der Waals surface area contributed by atoms with E-state index in [1.54, 1.807) is 19.5 Å².